The second kappa shape index (κ2) is 15.0. The lowest BCUT2D eigenvalue weighted by Gasteiger charge is -2.10. The van der Waals surface area contributed by atoms with Gasteiger partial charge in [0.25, 0.3) is 11.4 Å². The summed E-state index contributed by atoms with van der Waals surface area (Å²) in [6.07, 6.45) is 3.63. The van der Waals surface area contributed by atoms with E-state index in [0.717, 1.165) is 69.9 Å². The lowest BCUT2D eigenvalue weighted by atomic mass is 10.0. The molecule has 8 nitrogen and oxygen atoms in total. The fourth-order valence-corrected chi connectivity index (χ4v) is 15.9. The number of nitrogens with zero attached hydrogens (tertiary/aromatic N) is 6. The highest BCUT2D eigenvalue weighted by Crippen LogP contribution is 2.58. The lowest BCUT2D eigenvalue weighted by molar-refractivity contribution is 0.103. The zero-order valence-electron chi connectivity index (χ0n) is 32.7. The van der Waals surface area contributed by atoms with Crippen molar-refractivity contribution in [3.05, 3.63) is 171 Å². The first-order valence-corrected chi connectivity index (χ1v) is 24.0. The Balaban J connectivity index is 0.995. The maximum Gasteiger partial charge on any atom is 0.270 e. The number of nitriles is 2. The smallest absolute Gasteiger partial charge is 0.270 e. The normalized spacial score (nSPS) is 17.5. The molecule has 0 amide bonds. The van der Waals surface area contributed by atoms with Gasteiger partial charge in [-0.05, 0) is 61.4 Å². The summed E-state index contributed by atoms with van der Waals surface area (Å²) in [4.78, 5) is 50.4. The van der Waals surface area contributed by atoms with E-state index in [0.29, 0.717) is 51.2 Å². The summed E-state index contributed by atoms with van der Waals surface area (Å²) in [6.45, 7) is 19.9. The standard InChI is InChI=1S/C49H22N6O2S6/c1-22(2)49-62-47-41(37-17-35-33(60-37)15-23(58-35)13-29-39(31(19-50)52-3)25-9-5-7-11-27(25)45(29)56)43-44(55-21-54-43)42(48(47)63-49)38-18-36-34(61-38)16-24(59-36)14-30-40(32(20-51)53-4)26-10-6-8-12-28(26)46(30)57/h5-18H,21H2,1-2H3/b29-13-,30-14-,39-31-,40-32+. The second-order valence-corrected chi connectivity index (χ2v) is 21.5. The van der Waals surface area contributed by atoms with Crippen molar-refractivity contribution in [2.75, 3.05) is 6.67 Å². The van der Waals surface area contributed by atoms with Crippen LogP contribution < -0.4 is 10.7 Å². The minimum absolute atomic E-state index is 0.0965. The second-order valence-electron chi connectivity index (χ2n) is 14.8. The highest BCUT2D eigenvalue weighted by molar-refractivity contribution is 8.24. The number of fused-ring (bicyclic) bond motifs is 6. The maximum absolute atomic E-state index is 13.6. The summed E-state index contributed by atoms with van der Waals surface area (Å²) < 4.78 is 5.48. The van der Waals surface area contributed by atoms with E-state index in [1.807, 2.05) is 36.4 Å². The van der Waals surface area contributed by atoms with Gasteiger partial charge in [-0.3, -0.25) is 19.6 Å². The van der Waals surface area contributed by atoms with Crippen molar-refractivity contribution in [3.63, 3.8) is 0 Å². The molecule has 2 aliphatic heterocycles. The number of carbonyl (C=O) groups is 2. The van der Waals surface area contributed by atoms with Crippen LogP contribution in [0.3, 0.4) is 0 Å². The van der Waals surface area contributed by atoms with E-state index in [-0.39, 0.29) is 23.0 Å². The fraction of sp³-hybridized carbons (Fsp3) is 0.0612. The highest BCUT2D eigenvalue weighted by Gasteiger charge is 2.35. The van der Waals surface area contributed by atoms with Gasteiger partial charge < -0.3 is 0 Å². The van der Waals surface area contributed by atoms with Gasteiger partial charge in [-0.1, -0.05) is 77.6 Å². The number of rotatable bonds is 4. The van der Waals surface area contributed by atoms with Crippen molar-refractivity contribution < 1.29 is 9.59 Å². The Bertz CT molecular complexity index is 3490. The van der Waals surface area contributed by atoms with Crippen molar-refractivity contribution in [2.45, 2.75) is 23.6 Å². The number of allylic oxidation sites excluding steroid dienone is 7. The molecule has 6 heterocycles. The van der Waals surface area contributed by atoms with Gasteiger partial charge in [-0.25, -0.2) is 20.2 Å². The molecule has 4 aliphatic rings. The molecule has 3 aromatic carbocycles. The van der Waals surface area contributed by atoms with Crippen LogP contribution in [0.4, 0.5) is 0 Å². The van der Waals surface area contributed by atoms with Gasteiger partial charge >= 0.3 is 0 Å². The van der Waals surface area contributed by atoms with Crippen molar-refractivity contribution in [1.29, 1.82) is 10.5 Å². The molecule has 7 aromatic rings. The van der Waals surface area contributed by atoms with E-state index >= 15 is 0 Å². The van der Waals surface area contributed by atoms with E-state index in [1.54, 1.807) is 105 Å². The largest absolute Gasteiger partial charge is 0.289 e. The summed E-state index contributed by atoms with van der Waals surface area (Å²) in [7, 11) is 0. The molecule has 63 heavy (non-hydrogen) atoms. The average molecular weight is 919 g/mol. The van der Waals surface area contributed by atoms with Crippen LogP contribution in [0, 0.1) is 35.8 Å². The van der Waals surface area contributed by atoms with Gasteiger partial charge in [0.2, 0.25) is 0 Å². The Labute approximate surface area is 383 Å². The number of ketones is 2. The van der Waals surface area contributed by atoms with Gasteiger partial charge in [0, 0.05) is 96.9 Å². The number of thioether (sulfide) groups is 2. The molecule has 0 radical (unpaired) electrons. The molecule has 0 atom stereocenters. The molecule has 4 aromatic heterocycles. The maximum atomic E-state index is 13.6. The van der Waals surface area contributed by atoms with Gasteiger partial charge in [-0.2, -0.15) is 0 Å². The van der Waals surface area contributed by atoms with E-state index in [4.69, 9.17) is 23.1 Å². The Kier molecular flexibility index (Phi) is 9.31. The van der Waals surface area contributed by atoms with Gasteiger partial charge in [-0.15, -0.1) is 45.3 Å². The Morgan fingerprint density at radius 3 is 1.43 bits per heavy atom. The fourth-order valence-electron chi connectivity index (χ4n) is 8.27. The van der Waals surface area contributed by atoms with Crippen molar-refractivity contribution in [2.24, 2.45) is 9.98 Å². The van der Waals surface area contributed by atoms with Crippen molar-refractivity contribution >= 4 is 123 Å². The third kappa shape index (κ3) is 6.03. The van der Waals surface area contributed by atoms with Crippen LogP contribution in [-0.4, -0.2) is 18.2 Å². The Morgan fingerprint density at radius 2 is 1.05 bits per heavy atom. The molecule has 14 heteroatoms. The van der Waals surface area contributed by atoms with Crippen LogP contribution in [0.1, 0.15) is 55.4 Å². The zero-order valence-corrected chi connectivity index (χ0v) is 37.6. The third-order valence-corrected chi connectivity index (χ3v) is 18.5. The topological polar surface area (TPSA) is 115 Å². The summed E-state index contributed by atoms with van der Waals surface area (Å²) in [5, 5.41) is 21.4. The quantitative estimate of drug-likeness (QED) is 0.0986. The minimum atomic E-state index is -0.190. The summed E-state index contributed by atoms with van der Waals surface area (Å²) in [5.74, 6) is -0.380. The molecule has 0 saturated carbocycles. The third-order valence-electron chi connectivity index (χ3n) is 11.0. The highest BCUT2D eigenvalue weighted by atomic mass is 32.2. The minimum Gasteiger partial charge on any atom is -0.289 e. The number of carbonyl (C=O) groups excluding carboxylic acids is 2. The van der Waals surface area contributed by atoms with Crippen LogP contribution in [0.5, 0.6) is 0 Å². The van der Waals surface area contributed by atoms with E-state index < -0.39 is 0 Å². The molecule has 0 spiro atoms. The predicted molar refractivity (Wildman–Crippen MR) is 257 cm³/mol. The summed E-state index contributed by atoms with van der Waals surface area (Å²) >= 11 is 10.0. The summed E-state index contributed by atoms with van der Waals surface area (Å²) in [6, 6.07) is 26.8. The SMILES string of the molecule is [C-]#[N+]/C(C#N)=C1\C(=C\c2cc3sc(-c4c5c(c(-c6cc7sc(/C=C8\C(=O)c9ccccc9\C8=C(\C#N)[N+]#[C-])cc7s6)c6c4=NCN=6)SC(=C(C)C)S5)cc3s2)C(=O)c2ccccc21. The van der Waals surface area contributed by atoms with Crippen LogP contribution in [0.25, 0.3) is 72.7 Å². The molecule has 0 saturated heterocycles. The molecular formula is C49H22N6O2S6. The predicted octanol–water partition coefficient (Wildman–Crippen LogP) is 13.1. The van der Waals surface area contributed by atoms with Crippen LogP contribution in [0.2, 0.25) is 0 Å². The number of Topliss-reactive ketones (excluding diaryl/α,β-unsaturated/α-hetero) is 2. The number of hydrogen-bond acceptors (Lipinski definition) is 12. The number of benzene rings is 3. The molecule has 0 unspecified atom stereocenters. The first-order valence-electron chi connectivity index (χ1n) is 19.1. The molecule has 296 valence electrons. The van der Waals surface area contributed by atoms with Crippen LogP contribution in [0.15, 0.2) is 125 Å². The Morgan fingerprint density at radius 1 is 0.635 bits per heavy atom. The van der Waals surface area contributed by atoms with Crippen LogP contribution in [-0.2, 0) is 0 Å². The van der Waals surface area contributed by atoms with E-state index in [2.05, 4.69) is 47.8 Å². The number of thiophene rings is 4. The van der Waals surface area contributed by atoms with E-state index in [9.17, 15) is 20.1 Å². The average Bonchev–Trinajstić information content (AvgIpc) is 4.16. The molecule has 0 fully saturated rings. The van der Waals surface area contributed by atoms with Gasteiger partial charge in [0.15, 0.2) is 11.6 Å². The molecule has 0 N–H and O–H groups in total. The first kappa shape index (κ1) is 39.1. The lowest BCUT2D eigenvalue weighted by Crippen LogP contribution is -2.27. The monoisotopic (exact) mass is 918 g/mol. The molecule has 11 rings (SSSR count). The van der Waals surface area contributed by atoms with Crippen molar-refractivity contribution in [1.82, 2.24) is 0 Å². The van der Waals surface area contributed by atoms with Crippen molar-refractivity contribution in [3.8, 4) is 33.0 Å². The van der Waals surface area contributed by atoms with Crippen LogP contribution >= 0.6 is 68.9 Å². The number of hydrogen-bond donors (Lipinski definition) is 0. The molecule has 2 aliphatic carbocycles. The first-order chi connectivity index (χ1) is 30.7. The molecule has 0 bridgehead atoms. The summed E-state index contributed by atoms with van der Waals surface area (Å²) in [5.41, 5.74) is 6.91. The Hall–Kier alpha value is -6.72. The van der Waals surface area contributed by atoms with Gasteiger partial charge in [0.1, 0.15) is 6.67 Å². The van der Waals surface area contributed by atoms with Gasteiger partial charge in [0.05, 0.1) is 36.0 Å². The zero-order chi connectivity index (χ0) is 43.3. The van der Waals surface area contributed by atoms with E-state index in [1.165, 1.54) is 9.81 Å². The molecular weight excluding hydrogens is 897 g/mol.